The highest BCUT2D eigenvalue weighted by atomic mass is 16.1. The molecule has 0 aliphatic heterocycles. The number of carbonyl (C=O) groups excluding carboxylic acids is 1. The number of aryl methyl sites for hydroxylation is 2. The Balaban J connectivity index is 2.07. The number of benzene rings is 1. The minimum absolute atomic E-state index is 0.200. The topological polar surface area (TPSA) is 54.0 Å². The minimum atomic E-state index is -0.200. The normalized spacial score (nSPS) is 10.5. The molecule has 0 aliphatic carbocycles. The van der Waals surface area contributed by atoms with Crippen LogP contribution < -0.4 is 10.6 Å². The second kappa shape index (κ2) is 6.39. The summed E-state index contributed by atoms with van der Waals surface area (Å²) in [6.07, 6.45) is 1.68. The Labute approximate surface area is 125 Å². The first-order valence-corrected chi connectivity index (χ1v) is 7.07. The van der Waals surface area contributed by atoms with Gasteiger partial charge < -0.3 is 10.6 Å². The first kappa shape index (κ1) is 15.0. The second-order valence-corrected chi connectivity index (χ2v) is 5.48. The predicted molar refractivity (Wildman–Crippen MR) is 86.9 cm³/mol. The van der Waals surface area contributed by atoms with Crippen LogP contribution in [0.1, 0.15) is 35.5 Å². The van der Waals surface area contributed by atoms with Crippen molar-refractivity contribution in [3.8, 4) is 0 Å². The zero-order valence-corrected chi connectivity index (χ0v) is 12.9. The summed E-state index contributed by atoms with van der Waals surface area (Å²) in [4.78, 5) is 16.3. The SMILES string of the molecule is Cc1ccc(NC(=O)c2ccc(NC(C)C)cn2)cc1C. The van der Waals surface area contributed by atoms with Gasteiger partial charge in [-0.25, -0.2) is 4.98 Å². The highest BCUT2D eigenvalue weighted by Gasteiger charge is 2.08. The molecule has 0 saturated heterocycles. The summed E-state index contributed by atoms with van der Waals surface area (Å²) in [5.74, 6) is -0.200. The van der Waals surface area contributed by atoms with Crippen molar-refractivity contribution < 1.29 is 4.79 Å². The van der Waals surface area contributed by atoms with Crippen LogP contribution in [-0.4, -0.2) is 16.9 Å². The van der Waals surface area contributed by atoms with Crippen LogP contribution >= 0.6 is 0 Å². The lowest BCUT2D eigenvalue weighted by Crippen LogP contribution is -2.15. The molecule has 1 aromatic heterocycles. The van der Waals surface area contributed by atoms with E-state index in [4.69, 9.17) is 0 Å². The van der Waals surface area contributed by atoms with E-state index in [1.807, 2.05) is 38.1 Å². The number of hydrogen-bond donors (Lipinski definition) is 2. The molecule has 4 heteroatoms. The molecule has 0 fully saturated rings. The van der Waals surface area contributed by atoms with Gasteiger partial charge in [0.15, 0.2) is 0 Å². The lowest BCUT2D eigenvalue weighted by atomic mass is 10.1. The Kier molecular flexibility index (Phi) is 4.58. The molecule has 1 aromatic carbocycles. The molecule has 1 amide bonds. The Bertz CT molecular complexity index is 633. The molecule has 21 heavy (non-hydrogen) atoms. The molecule has 110 valence electrons. The summed E-state index contributed by atoms with van der Waals surface area (Å²) in [5, 5.41) is 6.10. The molecule has 0 bridgehead atoms. The summed E-state index contributed by atoms with van der Waals surface area (Å²) in [7, 11) is 0. The van der Waals surface area contributed by atoms with Gasteiger partial charge in [0.2, 0.25) is 0 Å². The Hall–Kier alpha value is -2.36. The number of anilines is 2. The highest BCUT2D eigenvalue weighted by Crippen LogP contribution is 2.15. The van der Waals surface area contributed by atoms with Crippen LogP contribution in [0.3, 0.4) is 0 Å². The zero-order chi connectivity index (χ0) is 15.4. The Morgan fingerprint density at radius 3 is 2.33 bits per heavy atom. The van der Waals surface area contributed by atoms with Gasteiger partial charge in [0.1, 0.15) is 5.69 Å². The van der Waals surface area contributed by atoms with Gasteiger partial charge >= 0.3 is 0 Å². The van der Waals surface area contributed by atoms with E-state index < -0.39 is 0 Å². The van der Waals surface area contributed by atoms with Gasteiger partial charge in [-0.2, -0.15) is 0 Å². The molecule has 2 rings (SSSR count). The van der Waals surface area contributed by atoms with Crippen molar-refractivity contribution in [2.45, 2.75) is 33.7 Å². The molecule has 0 radical (unpaired) electrons. The molecule has 0 atom stereocenters. The number of carbonyl (C=O) groups is 1. The van der Waals surface area contributed by atoms with Crippen LogP contribution in [-0.2, 0) is 0 Å². The van der Waals surface area contributed by atoms with E-state index in [1.165, 1.54) is 5.56 Å². The van der Waals surface area contributed by atoms with Crippen molar-refractivity contribution in [2.75, 3.05) is 10.6 Å². The van der Waals surface area contributed by atoms with Crippen molar-refractivity contribution in [1.82, 2.24) is 4.98 Å². The minimum Gasteiger partial charge on any atom is -0.382 e. The molecule has 0 spiro atoms. The molecule has 0 unspecified atom stereocenters. The Morgan fingerprint density at radius 2 is 1.76 bits per heavy atom. The highest BCUT2D eigenvalue weighted by molar-refractivity contribution is 6.03. The molecule has 1 heterocycles. The van der Waals surface area contributed by atoms with Crippen molar-refractivity contribution in [3.05, 3.63) is 53.3 Å². The van der Waals surface area contributed by atoms with Gasteiger partial charge in [-0.15, -0.1) is 0 Å². The number of nitrogens with zero attached hydrogens (tertiary/aromatic N) is 1. The van der Waals surface area contributed by atoms with Crippen LogP contribution in [0.2, 0.25) is 0 Å². The smallest absolute Gasteiger partial charge is 0.274 e. The predicted octanol–water partition coefficient (Wildman–Crippen LogP) is 3.77. The zero-order valence-electron chi connectivity index (χ0n) is 12.9. The maximum Gasteiger partial charge on any atom is 0.274 e. The number of nitrogens with one attached hydrogen (secondary N) is 2. The third kappa shape index (κ3) is 4.05. The number of aromatic nitrogens is 1. The quantitative estimate of drug-likeness (QED) is 0.898. The van der Waals surface area contributed by atoms with E-state index >= 15 is 0 Å². The lowest BCUT2D eigenvalue weighted by Gasteiger charge is -2.10. The summed E-state index contributed by atoms with van der Waals surface area (Å²) >= 11 is 0. The van der Waals surface area contributed by atoms with E-state index in [0.717, 1.165) is 16.9 Å². The van der Waals surface area contributed by atoms with E-state index in [-0.39, 0.29) is 5.91 Å². The maximum absolute atomic E-state index is 12.1. The molecular formula is C17H21N3O. The van der Waals surface area contributed by atoms with E-state index in [1.54, 1.807) is 12.3 Å². The molecule has 2 N–H and O–H groups in total. The van der Waals surface area contributed by atoms with Crippen LogP contribution in [0, 0.1) is 13.8 Å². The summed E-state index contributed by atoms with van der Waals surface area (Å²) in [6.45, 7) is 8.18. The molecule has 2 aromatic rings. The van der Waals surface area contributed by atoms with Crippen LogP contribution in [0.25, 0.3) is 0 Å². The second-order valence-electron chi connectivity index (χ2n) is 5.48. The van der Waals surface area contributed by atoms with E-state index in [0.29, 0.717) is 11.7 Å². The van der Waals surface area contributed by atoms with Gasteiger partial charge in [-0.3, -0.25) is 4.79 Å². The average molecular weight is 283 g/mol. The first-order valence-electron chi connectivity index (χ1n) is 7.07. The van der Waals surface area contributed by atoms with Gasteiger partial charge in [-0.05, 0) is 63.1 Å². The van der Waals surface area contributed by atoms with Gasteiger partial charge in [0.05, 0.1) is 11.9 Å². The number of hydrogen-bond acceptors (Lipinski definition) is 3. The van der Waals surface area contributed by atoms with Crippen molar-refractivity contribution in [3.63, 3.8) is 0 Å². The van der Waals surface area contributed by atoms with Crippen molar-refractivity contribution in [1.29, 1.82) is 0 Å². The van der Waals surface area contributed by atoms with Crippen LogP contribution in [0.5, 0.6) is 0 Å². The Morgan fingerprint density at radius 1 is 1.05 bits per heavy atom. The van der Waals surface area contributed by atoms with Crippen LogP contribution in [0.4, 0.5) is 11.4 Å². The standard InChI is InChI=1S/C17H21N3O/c1-11(2)19-15-7-8-16(18-10-15)17(21)20-14-6-5-12(3)13(4)9-14/h5-11,19H,1-4H3,(H,20,21). The molecule has 0 saturated carbocycles. The summed E-state index contributed by atoms with van der Waals surface area (Å²) in [5.41, 5.74) is 4.46. The maximum atomic E-state index is 12.1. The number of pyridine rings is 1. The summed E-state index contributed by atoms with van der Waals surface area (Å²) in [6, 6.07) is 9.77. The lowest BCUT2D eigenvalue weighted by molar-refractivity contribution is 0.102. The largest absolute Gasteiger partial charge is 0.382 e. The number of amides is 1. The van der Waals surface area contributed by atoms with Crippen LogP contribution in [0.15, 0.2) is 36.5 Å². The average Bonchev–Trinajstić information content (AvgIpc) is 2.43. The molecule has 4 nitrogen and oxygen atoms in total. The van der Waals surface area contributed by atoms with Crippen molar-refractivity contribution >= 4 is 17.3 Å². The fourth-order valence-corrected chi connectivity index (χ4v) is 1.96. The first-order chi connectivity index (χ1) is 9.95. The monoisotopic (exact) mass is 283 g/mol. The van der Waals surface area contributed by atoms with E-state index in [9.17, 15) is 4.79 Å². The fourth-order valence-electron chi connectivity index (χ4n) is 1.96. The molecule has 0 aliphatic rings. The van der Waals surface area contributed by atoms with Crippen molar-refractivity contribution in [2.24, 2.45) is 0 Å². The third-order valence-corrected chi connectivity index (χ3v) is 3.22. The van der Waals surface area contributed by atoms with Gasteiger partial charge in [-0.1, -0.05) is 6.07 Å². The van der Waals surface area contributed by atoms with Gasteiger partial charge in [0.25, 0.3) is 5.91 Å². The molecular weight excluding hydrogens is 262 g/mol. The van der Waals surface area contributed by atoms with Gasteiger partial charge in [0, 0.05) is 11.7 Å². The van der Waals surface area contributed by atoms with E-state index in [2.05, 4.69) is 29.5 Å². The summed E-state index contributed by atoms with van der Waals surface area (Å²) < 4.78 is 0. The number of rotatable bonds is 4. The third-order valence-electron chi connectivity index (χ3n) is 3.22. The fraction of sp³-hybridized carbons (Fsp3) is 0.294.